The van der Waals surface area contributed by atoms with Crippen LogP contribution in [0.15, 0.2) is 48.5 Å². The minimum Gasteiger partial charge on any atom is -0.483 e. The lowest BCUT2D eigenvalue weighted by Gasteiger charge is -2.11. The van der Waals surface area contributed by atoms with Gasteiger partial charge in [0, 0.05) is 0 Å². The quantitative estimate of drug-likeness (QED) is 0.798. The van der Waals surface area contributed by atoms with Crippen LogP contribution in [0.3, 0.4) is 0 Å². The Kier molecular flexibility index (Phi) is 6.31. The van der Waals surface area contributed by atoms with Crippen molar-refractivity contribution < 1.29 is 18.7 Å². The summed E-state index contributed by atoms with van der Waals surface area (Å²) in [5.74, 6) is -0.581. The highest BCUT2D eigenvalue weighted by molar-refractivity contribution is 5.83. The summed E-state index contributed by atoms with van der Waals surface area (Å²) in [6.07, 6.45) is 0.840. The van der Waals surface area contributed by atoms with Crippen LogP contribution in [0.1, 0.15) is 18.1 Å². The number of aryl methyl sites for hydroxylation is 1. The molecular formula is C18H19FN2O3. The molecule has 2 amide bonds. The third kappa shape index (κ3) is 5.39. The number of ether oxygens (including phenoxy) is 1. The number of carbonyl (C=O) groups is 2. The van der Waals surface area contributed by atoms with Crippen LogP contribution in [0, 0.1) is 5.82 Å². The van der Waals surface area contributed by atoms with Crippen molar-refractivity contribution in [3.8, 4) is 5.75 Å². The Morgan fingerprint density at radius 2 is 1.67 bits per heavy atom. The zero-order chi connectivity index (χ0) is 17.4. The molecule has 2 N–H and O–H groups in total. The minimum absolute atomic E-state index is 0.0418. The van der Waals surface area contributed by atoms with E-state index in [1.54, 1.807) is 6.07 Å². The van der Waals surface area contributed by atoms with Gasteiger partial charge in [-0.05, 0) is 35.7 Å². The van der Waals surface area contributed by atoms with Crippen molar-refractivity contribution in [1.82, 2.24) is 10.9 Å². The number of rotatable bonds is 6. The van der Waals surface area contributed by atoms with Gasteiger partial charge in [-0.25, -0.2) is 4.39 Å². The van der Waals surface area contributed by atoms with Crippen molar-refractivity contribution >= 4 is 11.8 Å². The first kappa shape index (κ1) is 17.5. The van der Waals surface area contributed by atoms with Crippen LogP contribution in [-0.2, 0) is 22.4 Å². The maximum absolute atomic E-state index is 12.8. The van der Waals surface area contributed by atoms with Crippen LogP contribution in [-0.4, -0.2) is 18.4 Å². The summed E-state index contributed by atoms with van der Waals surface area (Å²) in [4.78, 5) is 23.4. The number of para-hydroxylation sites is 1. The van der Waals surface area contributed by atoms with Crippen LogP contribution < -0.4 is 15.6 Å². The highest BCUT2D eigenvalue weighted by Gasteiger charge is 2.08. The Balaban J connectivity index is 1.74. The summed E-state index contributed by atoms with van der Waals surface area (Å²) in [5, 5.41) is 0. The number of amides is 2. The van der Waals surface area contributed by atoms with Crippen molar-refractivity contribution in [2.24, 2.45) is 0 Å². The fourth-order valence-electron chi connectivity index (χ4n) is 2.09. The van der Waals surface area contributed by atoms with Crippen LogP contribution in [0.25, 0.3) is 0 Å². The zero-order valence-corrected chi connectivity index (χ0v) is 13.3. The maximum atomic E-state index is 12.8. The summed E-state index contributed by atoms with van der Waals surface area (Å²) in [7, 11) is 0. The van der Waals surface area contributed by atoms with Crippen LogP contribution in [0.5, 0.6) is 5.75 Å². The van der Waals surface area contributed by atoms with E-state index in [1.165, 1.54) is 24.3 Å². The lowest BCUT2D eigenvalue weighted by molar-refractivity contribution is -0.129. The standard InChI is InChI=1S/C18H19FN2O3/c1-2-14-5-3-4-6-16(14)24-12-18(23)21-20-17(22)11-13-7-9-15(19)10-8-13/h3-10H,2,11-12H2,1H3,(H,20,22)(H,21,23). The van der Waals surface area contributed by atoms with E-state index in [4.69, 9.17) is 4.74 Å². The molecule has 2 rings (SSSR count). The van der Waals surface area contributed by atoms with E-state index in [-0.39, 0.29) is 18.8 Å². The van der Waals surface area contributed by atoms with Crippen molar-refractivity contribution in [1.29, 1.82) is 0 Å². The second-order valence-electron chi connectivity index (χ2n) is 5.15. The first-order valence-electron chi connectivity index (χ1n) is 7.61. The molecule has 6 heteroatoms. The smallest absolute Gasteiger partial charge is 0.276 e. The van der Waals surface area contributed by atoms with Gasteiger partial charge in [0.05, 0.1) is 6.42 Å². The molecule has 0 unspecified atom stereocenters. The van der Waals surface area contributed by atoms with Crippen molar-refractivity contribution in [3.63, 3.8) is 0 Å². The predicted octanol–water partition coefficient (Wildman–Crippen LogP) is 2.16. The van der Waals surface area contributed by atoms with E-state index < -0.39 is 11.8 Å². The van der Waals surface area contributed by atoms with Gasteiger partial charge in [-0.15, -0.1) is 0 Å². The summed E-state index contributed by atoms with van der Waals surface area (Å²) in [5.41, 5.74) is 6.24. The molecule has 126 valence electrons. The first-order chi connectivity index (χ1) is 11.6. The first-order valence-corrected chi connectivity index (χ1v) is 7.61. The van der Waals surface area contributed by atoms with Gasteiger partial charge >= 0.3 is 0 Å². The molecule has 2 aromatic carbocycles. The van der Waals surface area contributed by atoms with Gasteiger partial charge in [0.25, 0.3) is 5.91 Å². The molecule has 0 spiro atoms. The number of nitrogens with one attached hydrogen (secondary N) is 2. The molecule has 0 fully saturated rings. The second kappa shape index (κ2) is 8.67. The van der Waals surface area contributed by atoms with Gasteiger partial charge in [-0.3, -0.25) is 20.4 Å². The number of hydrogen-bond acceptors (Lipinski definition) is 3. The molecule has 0 heterocycles. The highest BCUT2D eigenvalue weighted by atomic mass is 19.1. The molecule has 0 atom stereocenters. The SMILES string of the molecule is CCc1ccccc1OCC(=O)NNC(=O)Cc1ccc(F)cc1. The van der Waals surface area contributed by atoms with E-state index >= 15 is 0 Å². The molecule has 0 aliphatic heterocycles. The monoisotopic (exact) mass is 330 g/mol. The Morgan fingerprint density at radius 1 is 1.00 bits per heavy atom. The highest BCUT2D eigenvalue weighted by Crippen LogP contribution is 2.17. The lowest BCUT2D eigenvalue weighted by Crippen LogP contribution is -2.44. The topological polar surface area (TPSA) is 67.4 Å². The molecule has 0 aromatic heterocycles. The van der Waals surface area contributed by atoms with E-state index in [2.05, 4.69) is 10.9 Å². The van der Waals surface area contributed by atoms with Gasteiger partial charge in [0.1, 0.15) is 11.6 Å². The summed E-state index contributed by atoms with van der Waals surface area (Å²) < 4.78 is 18.2. The summed E-state index contributed by atoms with van der Waals surface area (Å²) in [6.45, 7) is 1.80. The van der Waals surface area contributed by atoms with Crippen LogP contribution >= 0.6 is 0 Å². The normalized spacial score (nSPS) is 10.1. The van der Waals surface area contributed by atoms with Crippen LogP contribution in [0.2, 0.25) is 0 Å². The van der Waals surface area contributed by atoms with Gasteiger partial charge < -0.3 is 4.74 Å². The lowest BCUT2D eigenvalue weighted by atomic mass is 10.1. The van der Waals surface area contributed by atoms with Crippen molar-refractivity contribution in [2.75, 3.05) is 6.61 Å². The van der Waals surface area contributed by atoms with E-state index in [9.17, 15) is 14.0 Å². The molecule has 0 aliphatic carbocycles. The predicted molar refractivity (Wildman–Crippen MR) is 87.7 cm³/mol. The molecule has 5 nitrogen and oxygen atoms in total. The van der Waals surface area contributed by atoms with E-state index in [0.29, 0.717) is 11.3 Å². The Bertz CT molecular complexity index is 702. The average molecular weight is 330 g/mol. The Labute approximate surface area is 139 Å². The Morgan fingerprint density at radius 3 is 2.38 bits per heavy atom. The zero-order valence-electron chi connectivity index (χ0n) is 13.3. The molecule has 24 heavy (non-hydrogen) atoms. The fourth-order valence-corrected chi connectivity index (χ4v) is 2.09. The number of carbonyl (C=O) groups excluding carboxylic acids is 2. The van der Waals surface area contributed by atoms with E-state index in [1.807, 2.05) is 25.1 Å². The molecule has 0 aliphatic rings. The number of hydrogen-bond donors (Lipinski definition) is 2. The van der Waals surface area contributed by atoms with Gasteiger partial charge in [0.15, 0.2) is 6.61 Å². The van der Waals surface area contributed by atoms with Gasteiger partial charge in [-0.1, -0.05) is 37.3 Å². The summed E-state index contributed by atoms with van der Waals surface area (Å²) in [6, 6.07) is 13.0. The molecule has 0 radical (unpaired) electrons. The van der Waals surface area contributed by atoms with E-state index in [0.717, 1.165) is 12.0 Å². The van der Waals surface area contributed by atoms with Crippen molar-refractivity contribution in [3.05, 3.63) is 65.5 Å². The fraction of sp³-hybridized carbons (Fsp3) is 0.222. The third-order valence-corrected chi connectivity index (χ3v) is 3.33. The maximum Gasteiger partial charge on any atom is 0.276 e. The Hall–Kier alpha value is -2.89. The molecule has 0 saturated carbocycles. The minimum atomic E-state index is -0.464. The molecule has 2 aromatic rings. The second-order valence-corrected chi connectivity index (χ2v) is 5.15. The summed E-state index contributed by atoms with van der Waals surface area (Å²) >= 11 is 0. The molecule has 0 bridgehead atoms. The number of hydrazine groups is 1. The van der Waals surface area contributed by atoms with Crippen LogP contribution in [0.4, 0.5) is 4.39 Å². The van der Waals surface area contributed by atoms with Gasteiger partial charge in [0.2, 0.25) is 5.91 Å². The number of halogens is 1. The largest absolute Gasteiger partial charge is 0.483 e. The molecule has 0 saturated heterocycles. The van der Waals surface area contributed by atoms with Crippen molar-refractivity contribution in [2.45, 2.75) is 19.8 Å². The molecular weight excluding hydrogens is 311 g/mol. The average Bonchev–Trinajstić information content (AvgIpc) is 2.60. The third-order valence-electron chi connectivity index (χ3n) is 3.33. The van der Waals surface area contributed by atoms with Gasteiger partial charge in [-0.2, -0.15) is 0 Å². The number of benzene rings is 2.